The molecule has 0 radical (unpaired) electrons. The zero-order chi connectivity index (χ0) is 13.8. The van der Waals surface area contributed by atoms with Gasteiger partial charge in [-0.3, -0.25) is 4.79 Å². The molecule has 0 aromatic heterocycles. The summed E-state index contributed by atoms with van der Waals surface area (Å²) < 4.78 is 0. The van der Waals surface area contributed by atoms with E-state index in [1.165, 1.54) is 0 Å². The van der Waals surface area contributed by atoms with Crippen LogP contribution in [0.25, 0.3) is 10.8 Å². The predicted octanol–water partition coefficient (Wildman–Crippen LogP) is 3.06. The van der Waals surface area contributed by atoms with Crippen LogP contribution in [-0.2, 0) is 0 Å². The third-order valence-electron chi connectivity index (χ3n) is 3.01. The summed E-state index contributed by atoms with van der Waals surface area (Å²) >= 11 is 0. The van der Waals surface area contributed by atoms with Crippen molar-refractivity contribution in [3.8, 4) is 5.75 Å². The van der Waals surface area contributed by atoms with E-state index in [-0.39, 0.29) is 11.3 Å². The van der Waals surface area contributed by atoms with Gasteiger partial charge in [0.1, 0.15) is 5.75 Å². The maximum Gasteiger partial charge on any atom is 0.275 e. The number of amides is 1. The molecule has 0 aliphatic rings. The van der Waals surface area contributed by atoms with E-state index >= 15 is 0 Å². The molecule has 2 rings (SSSR count). The summed E-state index contributed by atoms with van der Waals surface area (Å²) in [6.45, 7) is 3.79. The number of aromatic hydroxyl groups is 1. The van der Waals surface area contributed by atoms with Gasteiger partial charge in [-0.25, -0.2) is 5.43 Å². The monoisotopic (exact) mass is 256 g/mol. The Morgan fingerprint density at radius 1 is 1.26 bits per heavy atom. The van der Waals surface area contributed by atoms with E-state index in [2.05, 4.69) is 10.5 Å². The van der Waals surface area contributed by atoms with Crippen molar-refractivity contribution in [3.63, 3.8) is 0 Å². The summed E-state index contributed by atoms with van der Waals surface area (Å²) in [5, 5.41) is 15.6. The van der Waals surface area contributed by atoms with Crippen LogP contribution >= 0.6 is 0 Å². The molecule has 0 spiro atoms. The minimum absolute atomic E-state index is 0.0139. The smallest absolute Gasteiger partial charge is 0.275 e. The minimum atomic E-state index is -0.406. The van der Waals surface area contributed by atoms with Crippen molar-refractivity contribution in [2.45, 2.75) is 20.3 Å². The molecule has 98 valence electrons. The first-order valence-electron chi connectivity index (χ1n) is 6.17. The molecule has 19 heavy (non-hydrogen) atoms. The summed E-state index contributed by atoms with van der Waals surface area (Å²) in [6.07, 6.45) is 0.768. The Labute approximate surface area is 111 Å². The number of nitrogens with zero attached hydrogens (tertiary/aromatic N) is 1. The molecule has 0 aliphatic heterocycles. The number of fused-ring (bicyclic) bond motifs is 1. The summed E-state index contributed by atoms with van der Waals surface area (Å²) in [6, 6.07) is 10.8. The Bertz CT molecular complexity index is 648. The van der Waals surface area contributed by atoms with E-state index in [0.717, 1.165) is 17.5 Å². The second-order valence-electron chi connectivity index (χ2n) is 4.32. The topological polar surface area (TPSA) is 61.7 Å². The van der Waals surface area contributed by atoms with Crippen LogP contribution in [0.4, 0.5) is 0 Å². The molecule has 4 heteroatoms. The summed E-state index contributed by atoms with van der Waals surface area (Å²) in [5.41, 5.74) is 3.50. The fourth-order valence-corrected chi connectivity index (χ4v) is 1.72. The van der Waals surface area contributed by atoms with Crippen molar-refractivity contribution in [2.75, 3.05) is 0 Å². The second-order valence-corrected chi connectivity index (χ2v) is 4.32. The predicted molar refractivity (Wildman–Crippen MR) is 76.5 cm³/mol. The van der Waals surface area contributed by atoms with Gasteiger partial charge in [0.2, 0.25) is 0 Å². The molecule has 0 unspecified atom stereocenters. The fraction of sp³-hybridized carbons (Fsp3) is 0.200. The van der Waals surface area contributed by atoms with E-state index in [0.29, 0.717) is 5.39 Å². The number of hydrazone groups is 1. The Hall–Kier alpha value is -2.36. The van der Waals surface area contributed by atoms with Crippen LogP contribution < -0.4 is 5.43 Å². The van der Waals surface area contributed by atoms with Gasteiger partial charge in [0.25, 0.3) is 5.91 Å². The highest BCUT2D eigenvalue weighted by atomic mass is 16.3. The molecular weight excluding hydrogens is 240 g/mol. The van der Waals surface area contributed by atoms with Crippen LogP contribution in [0, 0.1) is 0 Å². The number of carbonyl (C=O) groups excluding carboxylic acids is 1. The van der Waals surface area contributed by atoms with Crippen LogP contribution in [-0.4, -0.2) is 16.7 Å². The standard InChI is InChI=1S/C15H16N2O2/c1-3-10(2)16-17-15(19)13-9-8-11-6-4-5-7-12(11)14(13)18/h4-9,18H,3H2,1-2H3,(H,17,19). The van der Waals surface area contributed by atoms with Crippen LogP contribution in [0.2, 0.25) is 0 Å². The van der Waals surface area contributed by atoms with E-state index in [1.54, 1.807) is 18.2 Å². The lowest BCUT2D eigenvalue weighted by Gasteiger charge is -2.07. The van der Waals surface area contributed by atoms with Gasteiger partial charge in [-0.05, 0) is 24.8 Å². The summed E-state index contributed by atoms with van der Waals surface area (Å²) in [7, 11) is 0. The first kappa shape index (κ1) is 13.1. The third-order valence-corrected chi connectivity index (χ3v) is 3.01. The maximum atomic E-state index is 12.0. The minimum Gasteiger partial charge on any atom is -0.506 e. The van der Waals surface area contributed by atoms with Crippen LogP contribution in [0.15, 0.2) is 41.5 Å². The number of carbonyl (C=O) groups is 1. The molecule has 1 amide bonds. The van der Waals surface area contributed by atoms with Crippen molar-refractivity contribution in [2.24, 2.45) is 5.10 Å². The highest BCUT2D eigenvalue weighted by Crippen LogP contribution is 2.28. The second kappa shape index (κ2) is 5.52. The lowest BCUT2D eigenvalue weighted by Crippen LogP contribution is -2.19. The Balaban J connectivity index is 2.35. The molecule has 0 saturated heterocycles. The quantitative estimate of drug-likeness (QED) is 0.655. The number of nitrogens with one attached hydrogen (secondary N) is 1. The van der Waals surface area contributed by atoms with Crippen molar-refractivity contribution < 1.29 is 9.90 Å². The van der Waals surface area contributed by atoms with Crippen LogP contribution in [0.3, 0.4) is 0 Å². The molecule has 2 aromatic rings. The number of phenolic OH excluding ortho intramolecular Hbond substituents is 1. The highest BCUT2D eigenvalue weighted by molar-refractivity contribution is 6.03. The van der Waals surface area contributed by atoms with Gasteiger partial charge in [0, 0.05) is 11.1 Å². The molecule has 0 aliphatic carbocycles. The van der Waals surface area contributed by atoms with Gasteiger partial charge < -0.3 is 5.11 Å². The summed E-state index contributed by atoms with van der Waals surface area (Å²) in [4.78, 5) is 12.0. The first-order chi connectivity index (χ1) is 9.13. The molecule has 0 fully saturated rings. The zero-order valence-corrected chi connectivity index (χ0v) is 11.0. The first-order valence-corrected chi connectivity index (χ1v) is 6.17. The zero-order valence-electron chi connectivity index (χ0n) is 11.0. The molecule has 2 aromatic carbocycles. The van der Waals surface area contributed by atoms with Crippen LogP contribution in [0.1, 0.15) is 30.6 Å². The van der Waals surface area contributed by atoms with Crippen molar-refractivity contribution in [1.82, 2.24) is 5.43 Å². The molecule has 2 N–H and O–H groups in total. The summed E-state index contributed by atoms with van der Waals surface area (Å²) in [5.74, 6) is -0.420. The van der Waals surface area contributed by atoms with Gasteiger partial charge >= 0.3 is 0 Å². The van der Waals surface area contributed by atoms with Gasteiger partial charge in [-0.1, -0.05) is 37.3 Å². The maximum absolute atomic E-state index is 12.0. The lowest BCUT2D eigenvalue weighted by molar-refractivity contribution is 0.0952. The fourth-order valence-electron chi connectivity index (χ4n) is 1.72. The van der Waals surface area contributed by atoms with E-state index in [9.17, 15) is 9.90 Å². The molecule has 0 saturated carbocycles. The van der Waals surface area contributed by atoms with Crippen molar-refractivity contribution in [3.05, 3.63) is 42.0 Å². The van der Waals surface area contributed by atoms with E-state index in [1.807, 2.05) is 32.0 Å². The third kappa shape index (κ3) is 2.73. The Kier molecular flexibility index (Phi) is 3.80. The van der Waals surface area contributed by atoms with E-state index < -0.39 is 5.91 Å². The number of hydrogen-bond acceptors (Lipinski definition) is 3. The molecule has 4 nitrogen and oxygen atoms in total. The van der Waals surface area contributed by atoms with Gasteiger partial charge in [-0.15, -0.1) is 0 Å². The highest BCUT2D eigenvalue weighted by Gasteiger charge is 2.12. The van der Waals surface area contributed by atoms with Gasteiger partial charge in [0.05, 0.1) is 5.56 Å². The van der Waals surface area contributed by atoms with Crippen molar-refractivity contribution >= 4 is 22.4 Å². The molecule has 0 bridgehead atoms. The van der Waals surface area contributed by atoms with E-state index in [4.69, 9.17) is 0 Å². The Morgan fingerprint density at radius 2 is 2.00 bits per heavy atom. The largest absolute Gasteiger partial charge is 0.506 e. The molecule has 0 atom stereocenters. The molecule has 0 heterocycles. The average Bonchev–Trinajstić information content (AvgIpc) is 2.45. The number of hydrogen-bond donors (Lipinski definition) is 2. The lowest BCUT2D eigenvalue weighted by atomic mass is 10.1. The SMILES string of the molecule is CCC(C)=NNC(=O)c1ccc2ccccc2c1O. The van der Waals surface area contributed by atoms with Crippen LogP contribution in [0.5, 0.6) is 5.75 Å². The normalized spacial score (nSPS) is 11.6. The van der Waals surface area contributed by atoms with Gasteiger partial charge in [-0.2, -0.15) is 5.10 Å². The average molecular weight is 256 g/mol. The number of rotatable bonds is 3. The molecular formula is C15H16N2O2. The van der Waals surface area contributed by atoms with Gasteiger partial charge in [0.15, 0.2) is 0 Å². The Morgan fingerprint density at radius 3 is 2.74 bits per heavy atom. The van der Waals surface area contributed by atoms with Crippen molar-refractivity contribution in [1.29, 1.82) is 0 Å². The number of phenols is 1. The number of benzene rings is 2.